The summed E-state index contributed by atoms with van der Waals surface area (Å²) in [6.45, 7) is 1.47. The number of anilines is 1. The molecule has 1 heterocycles. The summed E-state index contributed by atoms with van der Waals surface area (Å²) in [6, 6.07) is 4.36. The number of hydrogen-bond donors (Lipinski definition) is 2. The van der Waals surface area contributed by atoms with Crippen molar-refractivity contribution in [3.63, 3.8) is 0 Å². The molecule has 1 fully saturated rings. The lowest BCUT2D eigenvalue weighted by atomic mass is 10.0. The van der Waals surface area contributed by atoms with Gasteiger partial charge in [-0.25, -0.2) is 4.79 Å². The molecule has 0 radical (unpaired) electrons. The van der Waals surface area contributed by atoms with Crippen molar-refractivity contribution in [3.8, 4) is 0 Å². The molecular formula is C12H15N3O4. The number of carboxylic acid groups (broad SMARTS) is 1. The van der Waals surface area contributed by atoms with Crippen LogP contribution in [-0.4, -0.2) is 35.1 Å². The van der Waals surface area contributed by atoms with Crippen LogP contribution in [0, 0.1) is 10.1 Å². The standard InChI is InChI=1S/C12H15N3O4/c13-8-3-5-14(6-4-8)9-1-2-11(15(18)19)10(7-9)12(16)17/h1-2,7-8H,3-6,13H2,(H,16,17). The van der Waals surface area contributed by atoms with E-state index in [0.29, 0.717) is 5.69 Å². The van der Waals surface area contributed by atoms with E-state index in [1.54, 1.807) is 6.07 Å². The molecule has 0 atom stereocenters. The van der Waals surface area contributed by atoms with E-state index >= 15 is 0 Å². The van der Waals surface area contributed by atoms with E-state index in [4.69, 9.17) is 10.8 Å². The second-order valence-electron chi connectivity index (χ2n) is 4.59. The predicted molar refractivity (Wildman–Crippen MR) is 69.5 cm³/mol. The SMILES string of the molecule is NC1CCN(c2ccc([N+](=O)[O-])c(C(=O)O)c2)CC1. The number of nitrogens with two attached hydrogens (primary N) is 1. The van der Waals surface area contributed by atoms with Gasteiger partial charge in [0.05, 0.1) is 4.92 Å². The fraction of sp³-hybridized carbons (Fsp3) is 0.417. The van der Waals surface area contributed by atoms with Crippen molar-refractivity contribution in [1.82, 2.24) is 0 Å². The third kappa shape index (κ3) is 2.82. The lowest BCUT2D eigenvalue weighted by molar-refractivity contribution is -0.385. The van der Waals surface area contributed by atoms with Gasteiger partial charge >= 0.3 is 5.97 Å². The Balaban J connectivity index is 2.30. The van der Waals surface area contributed by atoms with Crippen LogP contribution in [0.5, 0.6) is 0 Å². The molecule has 2 rings (SSSR count). The van der Waals surface area contributed by atoms with Gasteiger partial charge in [0.2, 0.25) is 0 Å². The summed E-state index contributed by atoms with van der Waals surface area (Å²) < 4.78 is 0. The van der Waals surface area contributed by atoms with Gasteiger partial charge in [0.15, 0.2) is 0 Å². The molecule has 7 nitrogen and oxygen atoms in total. The summed E-state index contributed by atoms with van der Waals surface area (Å²) in [5.41, 5.74) is 5.83. The number of nitrogens with zero attached hydrogens (tertiary/aromatic N) is 2. The van der Waals surface area contributed by atoms with Crippen molar-refractivity contribution < 1.29 is 14.8 Å². The number of benzene rings is 1. The molecule has 1 aromatic carbocycles. The highest BCUT2D eigenvalue weighted by molar-refractivity contribution is 5.93. The molecule has 0 aliphatic carbocycles. The molecule has 1 aromatic rings. The molecule has 0 spiro atoms. The van der Waals surface area contributed by atoms with Crippen LogP contribution in [0.4, 0.5) is 11.4 Å². The number of carboxylic acids is 1. The maximum atomic E-state index is 11.1. The van der Waals surface area contributed by atoms with Gasteiger partial charge in [-0.2, -0.15) is 0 Å². The molecule has 0 saturated carbocycles. The number of hydrogen-bond acceptors (Lipinski definition) is 5. The van der Waals surface area contributed by atoms with Crippen LogP contribution < -0.4 is 10.6 Å². The maximum absolute atomic E-state index is 11.1. The van der Waals surface area contributed by atoms with Gasteiger partial charge in [-0.3, -0.25) is 10.1 Å². The Kier molecular flexibility index (Phi) is 3.66. The van der Waals surface area contributed by atoms with Crippen LogP contribution in [0.15, 0.2) is 18.2 Å². The Morgan fingerprint density at radius 1 is 1.42 bits per heavy atom. The zero-order valence-electron chi connectivity index (χ0n) is 10.3. The molecule has 1 saturated heterocycles. The lowest BCUT2D eigenvalue weighted by Crippen LogP contribution is -2.39. The fourth-order valence-corrected chi connectivity index (χ4v) is 2.21. The Bertz CT molecular complexity index is 510. The van der Waals surface area contributed by atoms with Gasteiger partial charge in [-0.05, 0) is 25.0 Å². The van der Waals surface area contributed by atoms with Gasteiger partial charge in [0, 0.05) is 30.9 Å². The lowest BCUT2D eigenvalue weighted by Gasteiger charge is -2.32. The average Bonchev–Trinajstić information content (AvgIpc) is 2.38. The summed E-state index contributed by atoms with van der Waals surface area (Å²) in [7, 11) is 0. The smallest absolute Gasteiger partial charge is 0.342 e. The third-order valence-corrected chi connectivity index (χ3v) is 3.31. The Labute approximate surface area is 109 Å². The van der Waals surface area contributed by atoms with Gasteiger partial charge in [-0.1, -0.05) is 0 Å². The molecule has 7 heteroatoms. The minimum Gasteiger partial charge on any atom is -0.477 e. The van der Waals surface area contributed by atoms with Crippen LogP contribution >= 0.6 is 0 Å². The Hall–Kier alpha value is -2.15. The van der Waals surface area contributed by atoms with E-state index in [0.717, 1.165) is 25.9 Å². The molecule has 0 unspecified atom stereocenters. The monoisotopic (exact) mass is 265 g/mol. The zero-order chi connectivity index (χ0) is 14.0. The second kappa shape index (κ2) is 5.23. The first-order valence-corrected chi connectivity index (χ1v) is 6.01. The normalized spacial score (nSPS) is 16.4. The van der Waals surface area contributed by atoms with Crippen LogP contribution in [0.1, 0.15) is 23.2 Å². The topological polar surface area (TPSA) is 110 Å². The van der Waals surface area contributed by atoms with E-state index in [2.05, 4.69) is 0 Å². The number of nitro groups is 1. The second-order valence-corrected chi connectivity index (χ2v) is 4.59. The first-order chi connectivity index (χ1) is 8.99. The summed E-state index contributed by atoms with van der Waals surface area (Å²) in [6.07, 6.45) is 1.67. The molecule has 0 amide bonds. The number of aromatic carboxylic acids is 1. The van der Waals surface area contributed by atoms with Crippen molar-refractivity contribution in [3.05, 3.63) is 33.9 Å². The number of piperidine rings is 1. The molecule has 0 aromatic heterocycles. The Morgan fingerprint density at radius 2 is 2.05 bits per heavy atom. The molecular weight excluding hydrogens is 250 g/mol. The predicted octanol–water partition coefficient (Wildman–Crippen LogP) is 1.22. The van der Waals surface area contributed by atoms with E-state index in [1.807, 2.05) is 4.90 Å². The van der Waals surface area contributed by atoms with Crippen LogP contribution in [0.25, 0.3) is 0 Å². The van der Waals surface area contributed by atoms with Crippen molar-refractivity contribution >= 4 is 17.3 Å². The third-order valence-electron chi connectivity index (χ3n) is 3.31. The summed E-state index contributed by atoms with van der Waals surface area (Å²) in [5.74, 6) is -1.29. The van der Waals surface area contributed by atoms with E-state index < -0.39 is 10.9 Å². The number of carbonyl (C=O) groups is 1. The summed E-state index contributed by atoms with van der Waals surface area (Å²) in [4.78, 5) is 23.2. The molecule has 3 N–H and O–H groups in total. The van der Waals surface area contributed by atoms with Gasteiger partial charge < -0.3 is 15.7 Å². The van der Waals surface area contributed by atoms with Gasteiger partial charge in [0.1, 0.15) is 5.56 Å². The fourth-order valence-electron chi connectivity index (χ4n) is 2.21. The molecule has 0 bridgehead atoms. The van der Waals surface area contributed by atoms with Gasteiger partial charge in [0.25, 0.3) is 5.69 Å². The quantitative estimate of drug-likeness (QED) is 0.628. The van der Waals surface area contributed by atoms with Crippen molar-refractivity contribution in [2.45, 2.75) is 18.9 Å². The van der Waals surface area contributed by atoms with Crippen molar-refractivity contribution in [1.29, 1.82) is 0 Å². The maximum Gasteiger partial charge on any atom is 0.342 e. The molecule has 1 aliphatic heterocycles. The van der Waals surface area contributed by atoms with Crippen LogP contribution in [0.2, 0.25) is 0 Å². The first-order valence-electron chi connectivity index (χ1n) is 6.01. The highest BCUT2D eigenvalue weighted by atomic mass is 16.6. The average molecular weight is 265 g/mol. The van der Waals surface area contributed by atoms with Crippen LogP contribution in [0.3, 0.4) is 0 Å². The number of rotatable bonds is 3. The van der Waals surface area contributed by atoms with E-state index in [1.165, 1.54) is 12.1 Å². The highest BCUT2D eigenvalue weighted by Crippen LogP contribution is 2.26. The van der Waals surface area contributed by atoms with Crippen molar-refractivity contribution in [2.75, 3.05) is 18.0 Å². The molecule has 1 aliphatic rings. The minimum absolute atomic E-state index is 0.174. The Morgan fingerprint density at radius 3 is 2.58 bits per heavy atom. The molecule has 19 heavy (non-hydrogen) atoms. The number of nitro benzene ring substituents is 1. The highest BCUT2D eigenvalue weighted by Gasteiger charge is 2.23. The van der Waals surface area contributed by atoms with Gasteiger partial charge in [-0.15, -0.1) is 0 Å². The zero-order valence-corrected chi connectivity index (χ0v) is 10.3. The first kappa shape index (κ1) is 13.3. The minimum atomic E-state index is -1.29. The summed E-state index contributed by atoms with van der Waals surface area (Å²) >= 11 is 0. The van der Waals surface area contributed by atoms with E-state index in [-0.39, 0.29) is 17.3 Å². The summed E-state index contributed by atoms with van der Waals surface area (Å²) in [5, 5.41) is 19.8. The van der Waals surface area contributed by atoms with Crippen molar-refractivity contribution in [2.24, 2.45) is 5.73 Å². The largest absolute Gasteiger partial charge is 0.477 e. The molecule has 102 valence electrons. The van der Waals surface area contributed by atoms with Crippen LogP contribution in [-0.2, 0) is 0 Å². The van der Waals surface area contributed by atoms with E-state index in [9.17, 15) is 14.9 Å².